The summed E-state index contributed by atoms with van der Waals surface area (Å²) in [5, 5.41) is 11.1. The molecule has 2 saturated heterocycles. The summed E-state index contributed by atoms with van der Waals surface area (Å²) in [6.45, 7) is 6.07. The number of amides is 1. The number of aromatic nitrogens is 2. The molecule has 1 atom stereocenters. The molecule has 12 heteroatoms. The number of rotatable bonds is 6. The Morgan fingerprint density at radius 1 is 1.38 bits per heavy atom. The highest BCUT2D eigenvalue weighted by Crippen LogP contribution is 2.46. The number of carbonyl (C=O) groups excluding carboxylic acids is 1. The Morgan fingerprint density at radius 2 is 2.09 bits per heavy atom. The first-order valence-electron chi connectivity index (χ1n) is 10.7. The number of alkyl halides is 3. The molecule has 2 aromatic rings. The van der Waals surface area contributed by atoms with E-state index in [1.54, 1.807) is 6.20 Å². The van der Waals surface area contributed by atoms with E-state index in [-0.39, 0.29) is 16.8 Å². The van der Waals surface area contributed by atoms with E-state index in [1.807, 2.05) is 41.9 Å². The zero-order valence-corrected chi connectivity index (χ0v) is 19.6. The van der Waals surface area contributed by atoms with Gasteiger partial charge in [-0.2, -0.15) is 13.2 Å². The highest BCUT2D eigenvalue weighted by molar-refractivity contribution is 8.01. The van der Waals surface area contributed by atoms with Gasteiger partial charge in [0.15, 0.2) is 0 Å². The maximum atomic E-state index is 12.9. The van der Waals surface area contributed by atoms with Crippen LogP contribution < -0.4 is 0 Å². The first kappa shape index (κ1) is 26.0. The van der Waals surface area contributed by atoms with E-state index in [1.165, 1.54) is 0 Å². The van der Waals surface area contributed by atoms with Gasteiger partial charge in [0, 0.05) is 37.7 Å². The molecule has 0 bridgehead atoms. The number of ether oxygens (including phenoxy) is 1. The Balaban J connectivity index is 0.000000406. The second-order valence-electron chi connectivity index (χ2n) is 8.27. The quantitative estimate of drug-likeness (QED) is 0.636. The zero-order valence-electron chi connectivity index (χ0n) is 18.8. The molecule has 1 unspecified atom stereocenters. The fourth-order valence-corrected chi connectivity index (χ4v) is 5.42. The molecule has 0 radical (unpaired) electrons. The predicted octanol–water partition coefficient (Wildman–Crippen LogP) is 3.88. The summed E-state index contributed by atoms with van der Waals surface area (Å²) in [5.74, 6) is -0.997. The summed E-state index contributed by atoms with van der Waals surface area (Å²) < 4.78 is 43.3. The highest BCUT2D eigenvalue weighted by Gasteiger charge is 2.51. The van der Waals surface area contributed by atoms with E-state index in [9.17, 15) is 18.0 Å². The van der Waals surface area contributed by atoms with Crippen molar-refractivity contribution in [1.82, 2.24) is 15.0 Å². The van der Waals surface area contributed by atoms with Crippen LogP contribution in [0.1, 0.15) is 47.1 Å². The van der Waals surface area contributed by atoms with Crippen molar-refractivity contribution in [1.29, 1.82) is 0 Å². The molecule has 2 aromatic heterocycles. The van der Waals surface area contributed by atoms with Crippen LogP contribution in [0.25, 0.3) is 0 Å². The standard InChI is InChI=1S/C20H25N3O3S.C2HF3O2/c1-3-5-17-18(14(2)22-26-17)19(24)23-12-20(13-23)8-16(11-27-20)25-10-15-6-4-7-21-9-15;3-2(4,5)1(6)7/h4,6-7,9,16H,3,5,8,10-13H2,1-2H3;(H,6,7). The van der Waals surface area contributed by atoms with Crippen molar-refractivity contribution in [2.75, 3.05) is 18.8 Å². The lowest BCUT2D eigenvalue weighted by Crippen LogP contribution is -2.60. The molecular weight excluding hydrogens is 475 g/mol. The number of carboxylic acid groups (broad SMARTS) is 1. The number of halogens is 3. The maximum Gasteiger partial charge on any atom is 0.490 e. The van der Waals surface area contributed by atoms with E-state index in [0.717, 1.165) is 49.4 Å². The molecular formula is C22H26F3N3O5S. The minimum absolute atomic E-state index is 0.0585. The summed E-state index contributed by atoms with van der Waals surface area (Å²) in [6.07, 6.45) is 1.45. The van der Waals surface area contributed by atoms with Gasteiger partial charge in [-0.1, -0.05) is 18.1 Å². The number of carbonyl (C=O) groups is 2. The molecule has 8 nitrogen and oxygen atoms in total. The number of aliphatic carboxylic acids is 1. The van der Waals surface area contributed by atoms with Crippen LogP contribution in [0.3, 0.4) is 0 Å². The average Bonchev–Trinajstić information content (AvgIpc) is 3.36. The summed E-state index contributed by atoms with van der Waals surface area (Å²) in [6, 6.07) is 3.96. The van der Waals surface area contributed by atoms with E-state index in [2.05, 4.69) is 17.1 Å². The second kappa shape index (κ2) is 10.8. The molecule has 0 saturated carbocycles. The molecule has 1 amide bonds. The first-order valence-corrected chi connectivity index (χ1v) is 11.7. The Bertz CT molecular complexity index is 993. The minimum atomic E-state index is -5.08. The van der Waals surface area contributed by atoms with Crippen molar-refractivity contribution in [2.24, 2.45) is 0 Å². The van der Waals surface area contributed by atoms with Crippen LogP contribution >= 0.6 is 11.8 Å². The SMILES string of the molecule is CCCc1onc(C)c1C(=O)N1CC2(CC(OCc3cccnc3)CS2)C1.O=C(O)C(F)(F)F. The third-order valence-corrected chi connectivity index (χ3v) is 7.07. The summed E-state index contributed by atoms with van der Waals surface area (Å²) in [4.78, 5) is 27.9. The van der Waals surface area contributed by atoms with Crippen LogP contribution in [0.15, 0.2) is 29.0 Å². The molecule has 4 heterocycles. The number of nitrogens with zero attached hydrogens (tertiary/aromatic N) is 3. The topological polar surface area (TPSA) is 106 Å². The molecule has 186 valence electrons. The van der Waals surface area contributed by atoms with Crippen LogP contribution in [0.4, 0.5) is 13.2 Å². The van der Waals surface area contributed by atoms with Gasteiger partial charge in [0.25, 0.3) is 5.91 Å². The minimum Gasteiger partial charge on any atom is -0.475 e. The van der Waals surface area contributed by atoms with E-state index in [0.29, 0.717) is 17.9 Å². The van der Waals surface area contributed by atoms with E-state index >= 15 is 0 Å². The highest BCUT2D eigenvalue weighted by atomic mass is 32.2. The van der Waals surface area contributed by atoms with Gasteiger partial charge in [-0.25, -0.2) is 4.79 Å². The van der Waals surface area contributed by atoms with Crippen molar-refractivity contribution >= 4 is 23.6 Å². The number of hydrogen-bond donors (Lipinski definition) is 1. The van der Waals surface area contributed by atoms with Crippen molar-refractivity contribution < 1.29 is 37.1 Å². The van der Waals surface area contributed by atoms with Gasteiger partial charge in [0.1, 0.15) is 11.3 Å². The Hall–Kier alpha value is -2.60. The Labute approximate surface area is 198 Å². The molecule has 1 N–H and O–H groups in total. The van der Waals surface area contributed by atoms with E-state index in [4.69, 9.17) is 19.2 Å². The molecule has 2 aliphatic rings. The van der Waals surface area contributed by atoms with Crippen molar-refractivity contribution in [3.05, 3.63) is 47.1 Å². The third-order valence-electron chi connectivity index (χ3n) is 5.50. The lowest BCUT2D eigenvalue weighted by molar-refractivity contribution is -0.192. The number of likely N-dealkylation sites (tertiary alicyclic amines) is 1. The molecule has 0 aromatic carbocycles. The Kier molecular flexibility index (Phi) is 8.24. The smallest absolute Gasteiger partial charge is 0.475 e. The van der Waals surface area contributed by atoms with Gasteiger partial charge in [0.2, 0.25) is 0 Å². The summed E-state index contributed by atoms with van der Waals surface area (Å²) in [5.41, 5.74) is 2.46. The maximum absolute atomic E-state index is 12.9. The number of thioether (sulfide) groups is 1. The van der Waals surface area contributed by atoms with Crippen molar-refractivity contribution in [3.63, 3.8) is 0 Å². The second-order valence-corrected chi connectivity index (χ2v) is 9.76. The molecule has 4 rings (SSSR count). The van der Waals surface area contributed by atoms with Gasteiger partial charge in [-0.05, 0) is 31.4 Å². The number of pyridine rings is 1. The van der Waals surface area contributed by atoms with Gasteiger partial charge < -0.3 is 19.3 Å². The zero-order chi connectivity index (χ0) is 24.9. The van der Waals surface area contributed by atoms with Crippen LogP contribution in [0, 0.1) is 6.92 Å². The average molecular weight is 502 g/mol. The summed E-state index contributed by atoms with van der Waals surface area (Å²) >= 11 is 1.94. The van der Waals surface area contributed by atoms with Crippen LogP contribution in [0.2, 0.25) is 0 Å². The first-order chi connectivity index (χ1) is 16.0. The van der Waals surface area contributed by atoms with Gasteiger partial charge in [0.05, 0.1) is 23.2 Å². The fourth-order valence-electron chi connectivity index (χ4n) is 3.87. The number of aryl methyl sites for hydroxylation is 2. The van der Waals surface area contributed by atoms with Gasteiger partial charge in [-0.15, -0.1) is 11.8 Å². The van der Waals surface area contributed by atoms with Gasteiger partial charge in [-0.3, -0.25) is 9.78 Å². The molecule has 34 heavy (non-hydrogen) atoms. The fraction of sp³-hybridized carbons (Fsp3) is 0.545. The van der Waals surface area contributed by atoms with Crippen LogP contribution in [-0.4, -0.2) is 67.9 Å². The molecule has 0 aliphatic carbocycles. The number of carboxylic acids is 1. The lowest BCUT2D eigenvalue weighted by Gasteiger charge is -2.47. The Morgan fingerprint density at radius 3 is 2.68 bits per heavy atom. The largest absolute Gasteiger partial charge is 0.490 e. The van der Waals surface area contributed by atoms with E-state index < -0.39 is 12.1 Å². The summed E-state index contributed by atoms with van der Waals surface area (Å²) in [7, 11) is 0. The molecule has 1 spiro atoms. The van der Waals surface area contributed by atoms with Crippen LogP contribution in [-0.2, 0) is 22.6 Å². The van der Waals surface area contributed by atoms with Crippen LogP contribution in [0.5, 0.6) is 0 Å². The van der Waals surface area contributed by atoms with Crippen molar-refractivity contribution in [3.8, 4) is 0 Å². The monoisotopic (exact) mass is 501 g/mol. The normalized spacial score (nSPS) is 18.9. The number of hydrogen-bond acceptors (Lipinski definition) is 7. The molecule has 2 fully saturated rings. The van der Waals surface area contributed by atoms with Crippen molar-refractivity contribution in [2.45, 2.75) is 56.7 Å². The molecule has 2 aliphatic heterocycles. The lowest BCUT2D eigenvalue weighted by atomic mass is 9.92. The van der Waals surface area contributed by atoms with Gasteiger partial charge >= 0.3 is 12.1 Å². The predicted molar refractivity (Wildman–Crippen MR) is 117 cm³/mol. The third kappa shape index (κ3) is 6.29.